The van der Waals surface area contributed by atoms with Crippen LogP contribution in [-0.2, 0) is 16.4 Å². The first-order valence-electron chi connectivity index (χ1n) is 7.21. The average molecular weight is 380 g/mol. The van der Waals surface area contributed by atoms with Crippen molar-refractivity contribution in [2.45, 2.75) is 38.1 Å². The van der Waals surface area contributed by atoms with E-state index in [1.165, 1.54) is 0 Å². The van der Waals surface area contributed by atoms with E-state index in [9.17, 15) is 8.42 Å². The van der Waals surface area contributed by atoms with Gasteiger partial charge in [-0.2, -0.15) is 0 Å². The van der Waals surface area contributed by atoms with Crippen molar-refractivity contribution in [3.8, 4) is 0 Å². The molecule has 0 aromatic heterocycles. The summed E-state index contributed by atoms with van der Waals surface area (Å²) in [5.41, 5.74) is 3.69. The molecule has 1 heterocycles. The number of halogens is 1. The molecule has 0 saturated heterocycles. The lowest BCUT2D eigenvalue weighted by molar-refractivity contribution is 0.583. The van der Waals surface area contributed by atoms with E-state index in [1.807, 2.05) is 51.1 Å². The molecule has 1 aliphatic rings. The monoisotopic (exact) mass is 379 g/mol. The highest BCUT2D eigenvalue weighted by atomic mass is 79.9. The Morgan fingerprint density at radius 3 is 2.55 bits per heavy atom. The van der Waals surface area contributed by atoms with Crippen molar-refractivity contribution in [2.75, 3.05) is 4.31 Å². The van der Waals surface area contributed by atoms with Gasteiger partial charge in [0.15, 0.2) is 0 Å². The highest BCUT2D eigenvalue weighted by Crippen LogP contribution is 2.38. The zero-order valence-corrected chi connectivity index (χ0v) is 15.2. The third kappa shape index (κ3) is 2.36. The SMILES string of the molecule is Cc1cc(C)c(S(=O)(=O)N2c3ccccc3C[C@@H]2C)cc1Br. The largest absolute Gasteiger partial charge is 0.264 e. The first kappa shape index (κ1) is 15.6. The van der Waals surface area contributed by atoms with Crippen molar-refractivity contribution in [3.63, 3.8) is 0 Å². The number of hydrogen-bond acceptors (Lipinski definition) is 2. The number of fused-ring (bicyclic) bond motifs is 1. The minimum atomic E-state index is -3.57. The molecule has 22 heavy (non-hydrogen) atoms. The van der Waals surface area contributed by atoms with Gasteiger partial charge in [0.1, 0.15) is 0 Å². The molecular weight excluding hydrogens is 362 g/mol. The molecule has 0 N–H and O–H groups in total. The molecular formula is C17H18BrNO2S. The number of para-hydroxylation sites is 1. The fourth-order valence-electron chi connectivity index (χ4n) is 3.09. The number of anilines is 1. The number of benzene rings is 2. The predicted molar refractivity (Wildman–Crippen MR) is 92.9 cm³/mol. The van der Waals surface area contributed by atoms with Crippen LogP contribution in [0.25, 0.3) is 0 Å². The maximum atomic E-state index is 13.2. The van der Waals surface area contributed by atoms with Crippen LogP contribution in [0.5, 0.6) is 0 Å². The zero-order valence-electron chi connectivity index (χ0n) is 12.8. The summed E-state index contributed by atoms with van der Waals surface area (Å²) < 4.78 is 28.8. The minimum Gasteiger partial charge on any atom is -0.263 e. The minimum absolute atomic E-state index is 0.0677. The van der Waals surface area contributed by atoms with Crippen LogP contribution in [0.1, 0.15) is 23.6 Å². The Kier molecular flexibility index (Phi) is 3.81. The molecule has 0 bridgehead atoms. The van der Waals surface area contributed by atoms with Crippen molar-refractivity contribution in [1.29, 1.82) is 0 Å². The molecule has 1 atom stereocenters. The van der Waals surface area contributed by atoms with Crippen LogP contribution in [-0.4, -0.2) is 14.5 Å². The van der Waals surface area contributed by atoms with Crippen LogP contribution >= 0.6 is 15.9 Å². The molecule has 1 aliphatic heterocycles. The summed E-state index contributed by atoms with van der Waals surface area (Å²) >= 11 is 3.45. The van der Waals surface area contributed by atoms with Crippen molar-refractivity contribution in [1.82, 2.24) is 0 Å². The summed E-state index contributed by atoms with van der Waals surface area (Å²) in [6.07, 6.45) is 0.751. The maximum absolute atomic E-state index is 13.2. The zero-order chi connectivity index (χ0) is 16.1. The van der Waals surface area contributed by atoms with Crippen molar-refractivity contribution >= 4 is 31.6 Å². The molecule has 3 rings (SSSR count). The maximum Gasteiger partial charge on any atom is 0.264 e. The summed E-state index contributed by atoms with van der Waals surface area (Å²) in [7, 11) is -3.57. The second-order valence-corrected chi connectivity index (χ2v) is 8.49. The summed E-state index contributed by atoms with van der Waals surface area (Å²) in [4.78, 5) is 0.369. The smallest absolute Gasteiger partial charge is 0.263 e. The Balaban J connectivity index is 2.17. The molecule has 2 aromatic carbocycles. The van der Waals surface area contributed by atoms with E-state index in [0.717, 1.165) is 33.3 Å². The van der Waals surface area contributed by atoms with Crippen LogP contribution in [0.15, 0.2) is 45.8 Å². The second kappa shape index (κ2) is 5.39. The van der Waals surface area contributed by atoms with Crippen LogP contribution in [0.4, 0.5) is 5.69 Å². The van der Waals surface area contributed by atoms with Crippen molar-refractivity contribution in [2.24, 2.45) is 0 Å². The van der Waals surface area contributed by atoms with Gasteiger partial charge in [-0.3, -0.25) is 4.31 Å². The lowest BCUT2D eigenvalue weighted by Gasteiger charge is -2.25. The summed E-state index contributed by atoms with van der Waals surface area (Å²) in [5.74, 6) is 0. The van der Waals surface area contributed by atoms with Crippen LogP contribution in [0, 0.1) is 13.8 Å². The van der Waals surface area contributed by atoms with Gasteiger partial charge >= 0.3 is 0 Å². The molecule has 0 saturated carbocycles. The first-order valence-corrected chi connectivity index (χ1v) is 9.45. The Bertz CT molecular complexity index is 846. The van der Waals surface area contributed by atoms with E-state index < -0.39 is 10.0 Å². The van der Waals surface area contributed by atoms with Gasteiger partial charge in [-0.15, -0.1) is 0 Å². The fraction of sp³-hybridized carbons (Fsp3) is 0.294. The van der Waals surface area contributed by atoms with Crippen LogP contribution in [0.2, 0.25) is 0 Å². The summed E-state index contributed by atoms with van der Waals surface area (Å²) in [6, 6.07) is 11.3. The number of aryl methyl sites for hydroxylation is 2. The van der Waals surface area contributed by atoms with Gasteiger partial charge in [0.2, 0.25) is 0 Å². The molecule has 3 nitrogen and oxygen atoms in total. The summed E-state index contributed by atoms with van der Waals surface area (Å²) in [6.45, 7) is 5.76. The normalized spacial score (nSPS) is 17.6. The Morgan fingerprint density at radius 2 is 1.82 bits per heavy atom. The first-order chi connectivity index (χ1) is 10.3. The van der Waals surface area contributed by atoms with E-state index in [-0.39, 0.29) is 6.04 Å². The molecule has 5 heteroatoms. The average Bonchev–Trinajstić information content (AvgIpc) is 2.79. The van der Waals surface area contributed by atoms with E-state index >= 15 is 0 Å². The fourth-order valence-corrected chi connectivity index (χ4v) is 5.52. The lowest BCUT2D eigenvalue weighted by Crippen LogP contribution is -2.36. The Labute approximate surface area is 140 Å². The van der Waals surface area contributed by atoms with Gasteiger partial charge in [-0.05, 0) is 56.0 Å². The van der Waals surface area contributed by atoms with Gasteiger partial charge < -0.3 is 0 Å². The number of sulfonamides is 1. The van der Waals surface area contributed by atoms with E-state index in [1.54, 1.807) is 10.4 Å². The molecule has 0 radical (unpaired) electrons. The molecule has 2 aromatic rings. The lowest BCUT2D eigenvalue weighted by atomic mass is 10.1. The molecule has 116 valence electrons. The van der Waals surface area contributed by atoms with E-state index in [0.29, 0.717) is 4.90 Å². The van der Waals surface area contributed by atoms with Gasteiger partial charge in [-0.25, -0.2) is 8.42 Å². The third-order valence-corrected chi connectivity index (χ3v) is 7.06. The van der Waals surface area contributed by atoms with E-state index in [2.05, 4.69) is 15.9 Å². The topological polar surface area (TPSA) is 37.4 Å². The van der Waals surface area contributed by atoms with Gasteiger partial charge in [0.25, 0.3) is 10.0 Å². The molecule has 0 fully saturated rings. The molecule has 0 amide bonds. The second-order valence-electron chi connectivity index (χ2n) is 5.85. The quantitative estimate of drug-likeness (QED) is 0.783. The van der Waals surface area contributed by atoms with Crippen LogP contribution < -0.4 is 4.31 Å². The molecule has 0 spiro atoms. The van der Waals surface area contributed by atoms with Crippen LogP contribution in [0.3, 0.4) is 0 Å². The third-order valence-electron chi connectivity index (χ3n) is 4.14. The van der Waals surface area contributed by atoms with Crippen molar-refractivity contribution in [3.05, 3.63) is 57.6 Å². The number of rotatable bonds is 2. The predicted octanol–water partition coefficient (Wildman–Crippen LogP) is 4.21. The van der Waals surface area contributed by atoms with Gasteiger partial charge in [0, 0.05) is 10.5 Å². The standard InChI is InChI=1S/C17H18BrNO2S/c1-11-8-12(2)17(10-15(11)18)22(20,21)19-13(3)9-14-6-4-5-7-16(14)19/h4-8,10,13H,9H2,1-3H3/t13-/m0/s1. The van der Waals surface area contributed by atoms with Gasteiger partial charge in [-0.1, -0.05) is 40.2 Å². The van der Waals surface area contributed by atoms with Crippen molar-refractivity contribution < 1.29 is 8.42 Å². The number of nitrogens with zero attached hydrogens (tertiary/aromatic N) is 1. The molecule has 0 unspecified atom stereocenters. The summed E-state index contributed by atoms with van der Waals surface area (Å²) in [5, 5.41) is 0. The highest BCUT2D eigenvalue weighted by molar-refractivity contribution is 9.10. The molecule has 0 aliphatic carbocycles. The van der Waals surface area contributed by atoms with Gasteiger partial charge in [0.05, 0.1) is 10.6 Å². The van der Waals surface area contributed by atoms with E-state index in [4.69, 9.17) is 0 Å². The Hall–Kier alpha value is -1.33. The Morgan fingerprint density at radius 1 is 1.14 bits per heavy atom. The highest BCUT2D eigenvalue weighted by Gasteiger charge is 2.36. The number of hydrogen-bond donors (Lipinski definition) is 0.